The summed E-state index contributed by atoms with van der Waals surface area (Å²) in [5.41, 5.74) is 1.96. The molecule has 1 atom stereocenters. The minimum Gasteiger partial charge on any atom is -0.346 e. The lowest BCUT2D eigenvalue weighted by Gasteiger charge is -2.17. The number of aromatic nitrogens is 2. The van der Waals surface area contributed by atoms with Crippen molar-refractivity contribution in [2.45, 2.75) is 25.9 Å². The molecule has 2 heterocycles. The van der Waals surface area contributed by atoms with Crippen molar-refractivity contribution in [3.8, 4) is 5.69 Å². The number of halogens is 1. The van der Waals surface area contributed by atoms with E-state index in [4.69, 9.17) is 11.6 Å². The van der Waals surface area contributed by atoms with Crippen LogP contribution in [0.2, 0.25) is 5.02 Å². The lowest BCUT2D eigenvalue weighted by Crippen LogP contribution is -2.40. The summed E-state index contributed by atoms with van der Waals surface area (Å²) >= 11 is 6.28. The number of benzene rings is 2. The molecule has 1 aliphatic rings. The third kappa shape index (κ3) is 4.45. The number of carbonyl (C=O) groups is 1. The highest BCUT2D eigenvalue weighted by molar-refractivity contribution is 6.32. The number of rotatable bonds is 5. The van der Waals surface area contributed by atoms with E-state index in [-0.39, 0.29) is 11.7 Å². The van der Waals surface area contributed by atoms with Gasteiger partial charge in [-0.15, -0.1) is 0 Å². The Morgan fingerprint density at radius 1 is 1.17 bits per heavy atom. The number of nitrogens with zero attached hydrogens (tertiary/aromatic N) is 3. The number of amides is 1. The number of hydrogen-bond acceptors (Lipinski definition) is 4. The first kappa shape index (κ1) is 20.3. The maximum absolute atomic E-state index is 12.8. The van der Waals surface area contributed by atoms with Gasteiger partial charge in [0.1, 0.15) is 0 Å². The summed E-state index contributed by atoms with van der Waals surface area (Å²) in [6.07, 6.45) is 0.836. The summed E-state index contributed by atoms with van der Waals surface area (Å²) in [5, 5.41) is 7.80. The Kier molecular flexibility index (Phi) is 5.97. The summed E-state index contributed by atoms with van der Waals surface area (Å²) in [6, 6.07) is 18.8. The van der Waals surface area contributed by atoms with Gasteiger partial charge in [0.15, 0.2) is 5.69 Å². The first-order valence-corrected chi connectivity index (χ1v) is 10.3. The van der Waals surface area contributed by atoms with Crippen LogP contribution in [0.25, 0.3) is 5.69 Å². The molecule has 0 radical (unpaired) electrons. The van der Waals surface area contributed by atoms with Crippen molar-refractivity contribution >= 4 is 17.5 Å². The summed E-state index contributed by atoms with van der Waals surface area (Å²) in [5.74, 6) is -0.452. The molecule has 30 heavy (non-hydrogen) atoms. The first-order chi connectivity index (χ1) is 14.5. The second-order valence-corrected chi connectivity index (χ2v) is 7.95. The Labute approximate surface area is 180 Å². The average molecular weight is 423 g/mol. The van der Waals surface area contributed by atoms with Gasteiger partial charge in [0.25, 0.3) is 5.91 Å². The van der Waals surface area contributed by atoms with Gasteiger partial charge in [-0.05, 0) is 31.0 Å². The van der Waals surface area contributed by atoms with E-state index in [9.17, 15) is 9.59 Å². The Morgan fingerprint density at radius 2 is 1.90 bits per heavy atom. The molecule has 1 saturated heterocycles. The number of carbonyl (C=O) groups excluding carboxylic acids is 1. The SMILES string of the molecule is Cc1cc(=O)c(C(=O)N[C@H]2CCN(Cc3ccccc3)C2)nn1-c1ccccc1Cl. The van der Waals surface area contributed by atoms with E-state index in [0.717, 1.165) is 26.1 Å². The topological polar surface area (TPSA) is 67.2 Å². The monoisotopic (exact) mass is 422 g/mol. The van der Waals surface area contributed by atoms with Crippen molar-refractivity contribution in [2.24, 2.45) is 0 Å². The average Bonchev–Trinajstić information content (AvgIpc) is 3.16. The Bertz CT molecular complexity index is 1110. The van der Waals surface area contributed by atoms with E-state index in [1.54, 1.807) is 19.1 Å². The molecular weight excluding hydrogens is 400 g/mol. The summed E-state index contributed by atoms with van der Waals surface area (Å²) in [4.78, 5) is 27.6. The molecule has 1 aliphatic heterocycles. The van der Waals surface area contributed by atoms with E-state index >= 15 is 0 Å². The van der Waals surface area contributed by atoms with Gasteiger partial charge >= 0.3 is 0 Å². The van der Waals surface area contributed by atoms with Gasteiger partial charge < -0.3 is 5.32 Å². The highest BCUT2D eigenvalue weighted by atomic mass is 35.5. The van der Waals surface area contributed by atoms with Crippen LogP contribution in [0.1, 0.15) is 28.2 Å². The zero-order valence-corrected chi connectivity index (χ0v) is 17.5. The second kappa shape index (κ2) is 8.81. The zero-order valence-electron chi connectivity index (χ0n) is 16.7. The molecule has 4 rings (SSSR count). The van der Waals surface area contributed by atoms with E-state index < -0.39 is 11.3 Å². The lowest BCUT2D eigenvalue weighted by atomic mass is 10.2. The molecule has 3 aromatic rings. The molecule has 154 valence electrons. The number of hydrogen-bond donors (Lipinski definition) is 1. The van der Waals surface area contributed by atoms with Crippen LogP contribution in [-0.4, -0.2) is 39.7 Å². The van der Waals surface area contributed by atoms with Crippen LogP contribution in [0, 0.1) is 6.92 Å². The molecule has 6 nitrogen and oxygen atoms in total. The van der Waals surface area contributed by atoms with Crippen molar-refractivity contribution in [2.75, 3.05) is 13.1 Å². The van der Waals surface area contributed by atoms with Crippen LogP contribution < -0.4 is 10.7 Å². The fourth-order valence-electron chi connectivity index (χ4n) is 3.76. The van der Waals surface area contributed by atoms with Gasteiger partial charge in [-0.25, -0.2) is 4.68 Å². The smallest absolute Gasteiger partial charge is 0.276 e. The first-order valence-electron chi connectivity index (χ1n) is 9.94. The molecule has 1 amide bonds. The summed E-state index contributed by atoms with van der Waals surface area (Å²) in [6.45, 7) is 4.24. The molecule has 1 N–H and O–H groups in total. The third-order valence-electron chi connectivity index (χ3n) is 5.26. The maximum Gasteiger partial charge on any atom is 0.276 e. The van der Waals surface area contributed by atoms with Gasteiger partial charge in [0, 0.05) is 37.4 Å². The molecule has 1 aromatic heterocycles. The van der Waals surface area contributed by atoms with Crippen LogP contribution in [0.15, 0.2) is 65.5 Å². The van der Waals surface area contributed by atoms with Crippen LogP contribution in [0.3, 0.4) is 0 Å². The zero-order chi connectivity index (χ0) is 21.1. The van der Waals surface area contributed by atoms with Crippen LogP contribution in [-0.2, 0) is 6.54 Å². The molecule has 0 spiro atoms. The molecule has 1 fully saturated rings. The molecule has 7 heteroatoms. The maximum atomic E-state index is 12.8. The van der Waals surface area contributed by atoms with Crippen molar-refractivity contribution in [3.05, 3.63) is 92.9 Å². The Morgan fingerprint density at radius 3 is 2.67 bits per heavy atom. The molecule has 0 aliphatic carbocycles. The Balaban J connectivity index is 1.48. The van der Waals surface area contributed by atoms with Crippen LogP contribution in [0.4, 0.5) is 0 Å². The van der Waals surface area contributed by atoms with Gasteiger partial charge in [0.05, 0.1) is 10.7 Å². The highest BCUT2D eigenvalue weighted by Gasteiger charge is 2.26. The quantitative estimate of drug-likeness (QED) is 0.685. The van der Waals surface area contributed by atoms with Crippen molar-refractivity contribution in [3.63, 3.8) is 0 Å². The summed E-state index contributed by atoms with van der Waals surface area (Å²) < 4.78 is 1.54. The van der Waals surface area contributed by atoms with E-state index in [0.29, 0.717) is 16.4 Å². The van der Waals surface area contributed by atoms with Crippen molar-refractivity contribution in [1.82, 2.24) is 20.0 Å². The van der Waals surface area contributed by atoms with Gasteiger partial charge in [-0.1, -0.05) is 54.1 Å². The Hall–Kier alpha value is -2.96. The largest absolute Gasteiger partial charge is 0.346 e. The highest BCUT2D eigenvalue weighted by Crippen LogP contribution is 2.20. The summed E-state index contributed by atoms with van der Waals surface area (Å²) in [7, 11) is 0. The minimum atomic E-state index is -0.452. The number of aryl methyl sites for hydroxylation is 1. The fraction of sp³-hybridized carbons (Fsp3) is 0.261. The van der Waals surface area contributed by atoms with Gasteiger partial charge in [-0.3, -0.25) is 14.5 Å². The van der Waals surface area contributed by atoms with E-state index in [1.165, 1.54) is 16.3 Å². The number of para-hydroxylation sites is 1. The van der Waals surface area contributed by atoms with Crippen LogP contribution in [0.5, 0.6) is 0 Å². The normalized spacial score (nSPS) is 16.5. The molecule has 0 bridgehead atoms. The number of nitrogens with one attached hydrogen (secondary N) is 1. The molecule has 0 saturated carbocycles. The molecule has 2 aromatic carbocycles. The fourth-order valence-corrected chi connectivity index (χ4v) is 3.98. The van der Waals surface area contributed by atoms with Crippen molar-refractivity contribution in [1.29, 1.82) is 0 Å². The standard InChI is InChI=1S/C23H23ClN4O2/c1-16-13-21(29)22(26-28(16)20-10-6-5-9-19(20)24)23(30)25-18-11-12-27(15-18)14-17-7-3-2-4-8-17/h2-10,13,18H,11-12,14-15H2,1H3,(H,25,30)/t18-/m0/s1. The molecular formula is C23H23ClN4O2. The minimum absolute atomic E-state index is 0.0162. The van der Waals surface area contributed by atoms with Crippen LogP contribution >= 0.6 is 11.6 Å². The number of likely N-dealkylation sites (tertiary alicyclic amines) is 1. The lowest BCUT2D eigenvalue weighted by molar-refractivity contribution is 0.0929. The molecule has 0 unspecified atom stereocenters. The van der Waals surface area contributed by atoms with Crippen molar-refractivity contribution < 1.29 is 4.79 Å². The van der Waals surface area contributed by atoms with Gasteiger partial charge in [-0.2, -0.15) is 5.10 Å². The predicted octanol–water partition coefficient (Wildman–Crippen LogP) is 3.20. The third-order valence-corrected chi connectivity index (χ3v) is 5.58. The predicted molar refractivity (Wildman–Crippen MR) is 117 cm³/mol. The van der Waals surface area contributed by atoms with E-state index in [1.807, 2.05) is 30.3 Å². The van der Waals surface area contributed by atoms with Gasteiger partial charge in [0.2, 0.25) is 5.43 Å². The van der Waals surface area contributed by atoms with E-state index in [2.05, 4.69) is 27.4 Å². The second-order valence-electron chi connectivity index (χ2n) is 7.54.